The average Bonchev–Trinajstić information content (AvgIpc) is 3.23. The molecule has 1 saturated carbocycles. The number of aryl methyl sites for hydroxylation is 1. The van der Waals surface area contributed by atoms with Crippen molar-refractivity contribution in [2.24, 2.45) is 11.7 Å². The Labute approximate surface area is 118 Å². The number of nitrogens with zero attached hydrogens (tertiary/aromatic N) is 1. The molecule has 2 unspecified atom stereocenters. The lowest BCUT2D eigenvalue weighted by molar-refractivity contribution is 0.170. The highest BCUT2D eigenvalue weighted by atomic mass is 15.2. The van der Waals surface area contributed by atoms with Crippen molar-refractivity contribution in [3.05, 3.63) is 35.4 Å². The van der Waals surface area contributed by atoms with E-state index in [2.05, 4.69) is 49.9 Å². The second kappa shape index (κ2) is 6.53. The number of rotatable bonds is 7. The van der Waals surface area contributed by atoms with Gasteiger partial charge in [0, 0.05) is 12.6 Å². The fourth-order valence-electron chi connectivity index (χ4n) is 2.91. The van der Waals surface area contributed by atoms with Gasteiger partial charge < -0.3 is 5.73 Å². The molecular formula is C17H28N2. The van der Waals surface area contributed by atoms with Crippen molar-refractivity contribution in [3.63, 3.8) is 0 Å². The fourth-order valence-corrected chi connectivity index (χ4v) is 2.91. The number of likely N-dealkylation sites (N-methyl/N-ethyl adjacent to an activating group) is 1. The van der Waals surface area contributed by atoms with Gasteiger partial charge in [-0.3, -0.25) is 4.90 Å². The lowest BCUT2D eigenvalue weighted by Gasteiger charge is -2.36. The molecule has 0 heterocycles. The molecule has 1 aliphatic rings. The minimum atomic E-state index is 0.222. The van der Waals surface area contributed by atoms with E-state index in [-0.39, 0.29) is 6.04 Å². The van der Waals surface area contributed by atoms with Crippen LogP contribution in [-0.4, -0.2) is 24.0 Å². The van der Waals surface area contributed by atoms with Crippen LogP contribution in [0.15, 0.2) is 24.3 Å². The normalized spacial score (nSPS) is 18.6. The summed E-state index contributed by atoms with van der Waals surface area (Å²) in [4.78, 5) is 2.59. The highest BCUT2D eigenvalue weighted by Gasteiger charge is 2.31. The summed E-state index contributed by atoms with van der Waals surface area (Å²) >= 11 is 0. The minimum Gasteiger partial charge on any atom is -0.326 e. The van der Waals surface area contributed by atoms with Gasteiger partial charge in [-0.2, -0.15) is 0 Å². The second-order valence-corrected chi connectivity index (χ2v) is 5.90. The molecule has 1 fully saturated rings. The van der Waals surface area contributed by atoms with E-state index in [1.54, 1.807) is 0 Å². The Balaban J connectivity index is 2.25. The molecule has 2 N–H and O–H groups in total. The zero-order chi connectivity index (χ0) is 13.8. The number of benzene rings is 1. The van der Waals surface area contributed by atoms with Gasteiger partial charge in [0.25, 0.3) is 0 Å². The third kappa shape index (κ3) is 3.58. The lowest BCUT2D eigenvalue weighted by Crippen LogP contribution is -2.42. The van der Waals surface area contributed by atoms with E-state index in [0.29, 0.717) is 6.04 Å². The second-order valence-electron chi connectivity index (χ2n) is 5.90. The Morgan fingerprint density at radius 1 is 1.26 bits per heavy atom. The molecule has 1 aliphatic carbocycles. The van der Waals surface area contributed by atoms with Crippen molar-refractivity contribution in [1.82, 2.24) is 4.90 Å². The Morgan fingerprint density at radius 3 is 2.47 bits per heavy atom. The van der Waals surface area contributed by atoms with Gasteiger partial charge in [-0.25, -0.2) is 0 Å². The minimum absolute atomic E-state index is 0.222. The Morgan fingerprint density at radius 2 is 1.95 bits per heavy atom. The van der Waals surface area contributed by atoms with E-state index < -0.39 is 0 Å². The summed E-state index contributed by atoms with van der Waals surface area (Å²) in [7, 11) is 0. The van der Waals surface area contributed by atoms with E-state index in [4.69, 9.17) is 5.73 Å². The molecule has 2 nitrogen and oxygen atoms in total. The Bertz CT molecular complexity index is 398. The number of hydrogen-bond donors (Lipinski definition) is 1. The summed E-state index contributed by atoms with van der Waals surface area (Å²) in [6.07, 6.45) is 3.83. The van der Waals surface area contributed by atoms with Gasteiger partial charge in [0.1, 0.15) is 0 Å². The average molecular weight is 260 g/mol. The molecule has 1 aromatic rings. The van der Waals surface area contributed by atoms with Crippen molar-refractivity contribution in [2.45, 2.75) is 52.1 Å². The molecule has 1 aromatic carbocycles. The molecule has 0 bridgehead atoms. The zero-order valence-electron chi connectivity index (χ0n) is 12.6. The molecule has 0 radical (unpaired) electrons. The highest BCUT2D eigenvalue weighted by molar-refractivity contribution is 5.30. The highest BCUT2D eigenvalue weighted by Crippen LogP contribution is 2.34. The molecule has 0 aromatic heterocycles. The maximum absolute atomic E-state index is 6.45. The van der Waals surface area contributed by atoms with Gasteiger partial charge in [-0.1, -0.05) is 38.1 Å². The molecule has 2 atom stereocenters. The van der Waals surface area contributed by atoms with Crippen LogP contribution < -0.4 is 5.73 Å². The van der Waals surface area contributed by atoms with E-state index >= 15 is 0 Å². The molecule has 0 saturated heterocycles. The Hall–Kier alpha value is -0.860. The van der Waals surface area contributed by atoms with Gasteiger partial charge in [0.15, 0.2) is 0 Å². The first-order valence-corrected chi connectivity index (χ1v) is 7.72. The summed E-state index contributed by atoms with van der Waals surface area (Å²) in [6.45, 7) is 8.96. The van der Waals surface area contributed by atoms with Crippen LogP contribution >= 0.6 is 0 Å². The lowest BCUT2D eigenvalue weighted by atomic mass is 9.92. The largest absolute Gasteiger partial charge is 0.326 e. The SMILES string of the molecule is CCC(N)C(c1ccccc1C)N(CC)CC1CC1. The fraction of sp³-hybridized carbons (Fsp3) is 0.647. The van der Waals surface area contributed by atoms with Crippen LogP contribution in [0.4, 0.5) is 0 Å². The van der Waals surface area contributed by atoms with E-state index in [9.17, 15) is 0 Å². The maximum atomic E-state index is 6.45. The first-order valence-electron chi connectivity index (χ1n) is 7.72. The number of hydrogen-bond acceptors (Lipinski definition) is 2. The summed E-state index contributed by atoms with van der Waals surface area (Å²) in [5.41, 5.74) is 9.23. The molecular weight excluding hydrogens is 232 g/mol. The predicted molar refractivity (Wildman–Crippen MR) is 82.2 cm³/mol. The van der Waals surface area contributed by atoms with Crippen LogP contribution in [0, 0.1) is 12.8 Å². The standard InChI is InChI=1S/C17H28N2/c1-4-16(18)17(15-9-7-6-8-13(15)3)19(5-2)12-14-10-11-14/h6-9,14,16-17H,4-5,10-12,18H2,1-3H3. The van der Waals surface area contributed by atoms with Crippen molar-refractivity contribution >= 4 is 0 Å². The molecule has 2 rings (SSSR count). The van der Waals surface area contributed by atoms with Gasteiger partial charge in [0.05, 0.1) is 6.04 Å². The Kier molecular flexibility index (Phi) is 5.00. The molecule has 0 aliphatic heterocycles. The summed E-state index contributed by atoms with van der Waals surface area (Å²) in [6, 6.07) is 9.31. The van der Waals surface area contributed by atoms with Crippen molar-refractivity contribution < 1.29 is 0 Å². The predicted octanol–water partition coefficient (Wildman–Crippen LogP) is 3.51. The van der Waals surface area contributed by atoms with Crippen LogP contribution in [0.5, 0.6) is 0 Å². The smallest absolute Gasteiger partial charge is 0.0501 e. The van der Waals surface area contributed by atoms with E-state index in [0.717, 1.165) is 18.9 Å². The van der Waals surface area contributed by atoms with Gasteiger partial charge in [-0.15, -0.1) is 0 Å². The maximum Gasteiger partial charge on any atom is 0.0501 e. The van der Waals surface area contributed by atoms with Crippen molar-refractivity contribution in [2.75, 3.05) is 13.1 Å². The first-order chi connectivity index (χ1) is 9.17. The monoisotopic (exact) mass is 260 g/mol. The van der Waals surface area contributed by atoms with Crippen LogP contribution in [0.1, 0.15) is 50.3 Å². The van der Waals surface area contributed by atoms with Crippen LogP contribution in [0.3, 0.4) is 0 Å². The molecule has 0 amide bonds. The van der Waals surface area contributed by atoms with Gasteiger partial charge in [0.2, 0.25) is 0 Å². The van der Waals surface area contributed by atoms with E-state index in [1.165, 1.54) is 30.5 Å². The van der Waals surface area contributed by atoms with E-state index in [1.807, 2.05) is 0 Å². The molecule has 2 heteroatoms. The molecule has 106 valence electrons. The first kappa shape index (κ1) is 14.5. The van der Waals surface area contributed by atoms with Gasteiger partial charge >= 0.3 is 0 Å². The quantitative estimate of drug-likeness (QED) is 0.813. The third-order valence-corrected chi connectivity index (χ3v) is 4.37. The van der Waals surface area contributed by atoms with Crippen LogP contribution in [0.25, 0.3) is 0 Å². The summed E-state index contributed by atoms with van der Waals surface area (Å²) in [5.74, 6) is 0.913. The van der Waals surface area contributed by atoms with Crippen LogP contribution in [0.2, 0.25) is 0 Å². The molecule has 0 spiro atoms. The summed E-state index contributed by atoms with van der Waals surface area (Å²) < 4.78 is 0. The molecule has 19 heavy (non-hydrogen) atoms. The topological polar surface area (TPSA) is 29.3 Å². The van der Waals surface area contributed by atoms with Gasteiger partial charge in [-0.05, 0) is 49.8 Å². The summed E-state index contributed by atoms with van der Waals surface area (Å²) in [5, 5.41) is 0. The third-order valence-electron chi connectivity index (χ3n) is 4.37. The van der Waals surface area contributed by atoms with Crippen molar-refractivity contribution in [1.29, 1.82) is 0 Å². The van der Waals surface area contributed by atoms with Crippen LogP contribution in [-0.2, 0) is 0 Å². The number of nitrogens with two attached hydrogens (primary N) is 1. The zero-order valence-corrected chi connectivity index (χ0v) is 12.6. The van der Waals surface area contributed by atoms with Crippen molar-refractivity contribution in [3.8, 4) is 0 Å².